The van der Waals surface area contributed by atoms with Crippen molar-refractivity contribution >= 4 is 21.7 Å². The second-order valence-electron chi connectivity index (χ2n) is 4.24. The minimum Gasteiger partial charge on any atom is -0.475 e. The van der Waals surface area contributed by atoms with E-state index >= 15 is 0 Å². The van der Waals surface area contributed by atoms with Crippen molar-refractivity contribution in [2.45, 2.75) is 11.4 Å². The second-order valence-corrected chi connectivity index (χ2v) is 6.25. The molecule has 0 aliphatic carbocycles. The Kier molecular flexibility index (Phi) is 3.80. The summed E-state index contributed by atoms with van der Waals surface area (Å²) in [6.45, 7) is 0.399. The maximum atomic E-state index is 11.3. The number of hydrogen-bond acceptors (Lipinski definition) is 5. The molecule has 0 saturated heterocycles. The van der Waals surface area contributed by atoms with Crippen molar-refractivity contribution in [1.82, 2.24) is 0 Å². The quantitative estimate of drug-likeness (QED) is 0.875. The highest BCUT2D eigenvalue weighted by Gasteiger charge is 2.09. The fraction of sp³-hybridized carbons (Fsp3) is 0.154. The first-order chi connectivity index (χ1) is 9.36. The van der Waals surface area contributed by atoms with Gasteiger partial charge in [-0.2, -0.15) is 0 Å². The number of furan rings is 1. The second kappa shape index (κ2) is 5.38. The first-order valence-corrected chi connectivity index (χ1v) is 7.61. The van der Waals surface area contributed by atoms with E-state index in [0.717, 1.165) is 11.8 Å². The first-order valence-electron chi connectivity index (χ1n) is 5.72. The van der Waals surface area contributed by atoms with Crippen molar-refractivity contribution in [3.63, 3.8) is 0 Å². The van der Waals surface area contributed by atoms with Gasteiger partial charge < -0.3 is 14.8 Å². The van der Waals surface area contributed by atoms with E-state index in [0.29, 0.717) is 12.4 Å². The number of rotatable bonds is 5. The molecule has 0 aliphatic rings. The van der Waals surface area contributed by atoms with Gasteiger partial charge in [-0.25, -0.2) is 13.2 Å². The molecule has 1 heterocycles. The lowest BCUT2D eigenvalue weighted by atomic mass is 10.2. The van der Waals surface area contributed by atoms with Crippen molar-refractivity contribution in [2.24, 2.45) is 0 Å². The number of carboxylic acids is 1. The van der Waals surface area contributed by atoms with Gasteiger partial charge in [-0.15, -0.1) is 0 Å². The number of sulfone groups is 1. The van der Waals surface area contributed by atoms with E-state index in [4.69, 9.17) is 9.52 Å². The van der Waals surface area contributed by atoms with Gasteiger partial charge in [0.15, 0.2) is 15.7 Å². The van der Waals surface area contributed by atoms with Crippen molar-refractivity contribution < 1.29 is 22.7 Å². The number of carbonyl (C=O) groups is 1. The Morgan fingerprint density at radius 2 is 1.85 bits per heavy atom. The Balaban J connectivity index is 2.02. The monoisotopic (exact) mass is 295 g/mol. The van der Waals surface area contributed by atoms with E-state index in [1.54, 1.807) is 12.1 Å². The maximum Gasteiger partial charge on any atom is 0.371 e. The van der Waals surface area contributed by atoms with Crippen LogP contribution in [0.3, 0.4) is 0 Å². The number of carboxylic acid groups (broad SMARTS) is 1. The van der Waals surface area contributed by atoms with Gasteiger partial charge in [0.25, 0.3) is 0 Å². The van der Waals surface area contributed by atoms with Gasteiger partial charge in [-0.1, -0.05) is 12.1 Å². The molecule has 20 heavy (non-hydrogen) atoms. The Morgan fingerprint density at radius 3 is 2.35 bits per heavy atom. The summed E-state index contributed by atoms with van der Waals surface area (Å²) < 4.78 is 27.6. The average molecular weight is 295 g/mol. The maximum absolute atomic E-state index is 11.3. The summed E-state index contributed by atoms with van der Waals surface area (Å²) in [6, 6.07) is 9.30. The molecule has 0 amide bonds. The van der Waals surface area contributed by atoms with Crippen molar-refractivity contribution in [1.29, 1.82) is 0 Å². The van der Waals surface area contributed by atoms with Crippen LogP contribution >= 0.6 is 0 Å². The molecule has 2 aromatic rings. The molecule has 0 spiro atoms. The zero-order chi connectivity index (χ0) is 14.8. The number of nitrogens with one attached hydrogen (secondary N) is 1. The van der Waals surface area contributed by atoms with Crippen LogP contribution < -0.4 is 5.32 Å². The zero-order valence-corrected chi connectivity index (χ0v) is 11.5. The molecular formula is C13H13NO5S. The summed E-state index contributed by atoms with van der Waals surface area (Å²) in [5.41, 5.74) is 0.852. The third-order valence-electron chi connectivity index (χ3n) is 2.64. The molecule has 7 heteroatoms. The molecule has 1 aromatic heterocycles. The summed E-state index contributed by atoms with van der Waals surface area (Å²) in [5, 5.41) is 11.6. The zero-order valence-electron chi connectivity index (χ0n) is 10.7. The first kappa shape index (κ1) is 14.1. The molecule has 0 aliphatic heterocycles. The third kappa shape index (κ3) is 3.39. The molecule has 2 N–H and O–H groups in total. The average Bonchev–Trinajstić information content (AvgIpc) is 2.85. The number of aromatic carboxylic acids is 1. The van der Waals surface area contributed by atoms with Crippen LogP contribution in [-0.4, -0.2) is 25.7 Å². The highest BCUT2D eigenvalue weighted by atomic mass is 32.2. The molecule has 0 unspecified atom stereocenters. The molecule has 0 fully saturated rings. The molecule has 0 bridgehead atoms. The molecule has 1 aromatic carbocycles. The molecule has 0 radical (unpaired) electrons. The van der Waals surface area contributed by atoms with E-state index in [1.807, 2.05) is 0 Å². The molecule has 0 saturated carbocycles. The fourth-order valence-corrected chi connectivity index (χ4v) is 2.22. The van der Waals surface area contributed by atoms with E-state index in [9.17, 15) is 13.2 Å². The van der Waals surface area contributed by atoms with Crippen molar-refractivity contribution in [2.75, 3.05) is 11.6 Å². The number of anilines is 1. The van der Waals surface area contributed by atoms with Gasteiger partial charge in [-0.3, -0.25) is 0 Å². The Bertz CT molecular complexity index is 715. The predicted molar refractivity (Wildman–Crippen MR) is 72.5 cm³/mol. The van der Waals surface area contributed by atoms with Crippen LogP contribution in [-0.2, 0) is 16.4 Å². The van der Waals surface area contributed by atoms with Gasteiger partial charge in [0.05, 0.1) is 4.90 Å². The van der Waals surface area contributed by atoms with Gasteiger partial charge in [0, 0.05) is 18.9 Å². The van der Waals surface area contributed by atoms with Crippen molar-refractivity contribution in [3.05, 3.63) is 47.7 Å². The van der Waals surface area contributed by atoms with Crippen LogP contribution in [0.25, 0.3) is 0 Å². The van der Waals surface area contributed by atoms with Crippen molar-refractivity contribution in [3.8, 4) is 0 Å². The third-order valence-corrected chi connectivity index (χ3v) is 3.76. The summed E-state index contributed by atoms with van der Waals surface area (Å²) in [5.74, 6) is -0.926. The van der Waals surface area contributed by atoms with E-state index in [1.165, 1.54) is 24.3 Å². The number of benzene rings is 1. The smallest absolute Gasteiger partial charge is 0.371 e. The normalized spacial score (nSPS) is 11.2. The minimum atomic E-state index is -3.20. The van der Waals surface area contributed by atoms with E-state index < -0.39 is 15.8 Å². The Hall–Kier alpha value is -2.28. The number of hydrogen-bond donors (Lipinski definition) is 2. The minimum absolute atomic E-state index is 0.139. The summed E-state index contributed by atoms with van der Waals surface area (Å²) in [7, 11) is -3.20. The lowest BCUT2D eigenvalue weighted by Crippen LogP contribution is -2.00. The molecule has 6 nitrogen and oxygen atoms in total. The van der Waals surface area contributed by atoms with E-state index in [2.05, 4.69) is 5.32 Å². The molecular weight excluding hydrogens is 282 g/mol. The Labute approximate surface area is 116 Å². The topological polar surface area (TPSA) is 96.6 Å². The highest BCUT2D eigenvalue weighted by Crippen LogP contribution is 2.15. The lowest BCUT2D eigenvalue weighted by molar-refractivity contribution is 0.0663. The van der Waals surface area contributed by atoms with Crippen LogP contribution in [0.15, 0.2) is 45.7 Å². The van der Waals surface area contributed by atoms with Gasteiger partial charge in [0.2, 0.25) is 5.76 Å². The summed E-state index contributed by atoms with van der Waals surface area (Å²) >= 11 is 0. The molecule has 106 valence electrons. The highest BCUT2D eigenvalue weighted by molar-refractivity contribution is 7.90. The fourth-order valence-electron chi connectivity index (χ4n) is 1.59. The predicted octanol–water partition coefficient (Wildman–Crippen LogP) is 1.99. The van der Waals surface area contributed by atoms with Crippen LogP contribution in [0.2, 0.25) is 0 Å². The lowest BCUT2D eigenvalue weighted by Gasteiger charge is -2.04. The van der Waals surface area contributed by atoms with Gasteiger partial charge in [0.1, 0.15) is 0 Å². The van der Waals surface area contributed by atoms with Gasteiger partial charge >= 0.3 is 5.97 Å². The van der Waals surface area contributed by atoms with E-state index in [-0.39, 0.29) is 10.7 Å². The van der Waals surface area contributed by atoms with Crippen LogP contribution in [0.5, 0.6) is 0 Å². The van der Waals surface area contributed by atoms with Crippen LogP contribution in [0.4, 0.5) is 5.88 Å². The summed E-state index contributed by atoms with van der Waals surface area (Å²) in [4.78, 5) is 10.9. The Morgan fingerprint density at radius 1 is 1.20 bits per heavy atom. The largest absolute Gasteiger partial charge is 0.475 e. The summed E-state index contributed by atoms with van der Waals surface area (Å²) in [6.07, 6.45) is 1.15. The SMILES string of the molecule is CS(=O)(=O)c1ccc(CNc2ccc(C(=O)O)o2)cc1. The standard InChI is InChI=1S/C13H13NO5S/c1-20(17,18)10-4-2-9(3-5-10)8-14-12-7-6-11(19-12)13(15)16/h2-7,14H,8H2,1H3,(H,15,16). The van der Waals surface area contributed by atoms with Crippen LogP contribution in [0, 0.1) is 0 Å². The van der Waals surface area contributed by atoms with Crippen LogP contribution in [0.1, 0.15) is 16.1 Å². The van der Waals surface area contributed by atoms with Gasteiger partial charge in [-0.05, 0) is 23.8 Å². The molecule has 2 rings (SSSR count). The molecule has 0 atom stereocenters.